The molecule has 0 radical (unpaired) electrons. The standard InChI is InChI=1S/C8H10O5/c1-2-7(9)11-4-3-6-5-12-8(10)13-6/h2,6H,1,3-5H2. The Balaban J connectivity index is 2.09. The van der Waals surface area contributed by atoms with Crippen molar-refractivity contribution in [1.82, 2.24) is 0 Å². The fourth-order valence-electron chi connectivity index (χ4n) is 0.857. The largest absolute Gasteiger partial charge is 0.508 e. The molecule has 0 aromatic heterocycles. The van der Waals surface area contributed by atoms with Crippen LogP contribution in [0.5, 0.6) is 0 Å². The van der Waals surface area contributed by atoms with E-state index in [1.54, 1.807) is 0 Å². The Kier molecular flexibility index (Phi) is 3.31. The van der Waals surface area contributed by atoms with Crippen LogP contribution < -0.4 is 0 Å². The van der Waals surface area contributed by atoms with Gasteiger partial charge < -0.3 is 14.2 Å². The predicted molar refractivity (Wildman–Crippen MR) is 42.0 cm³/mol. The molecule has 0 N–H and O–H groups in total. The fraction of sp³-hybridized carbons (Fsp3) is 0.500. The van der Waals surface area contributed by atoms with Crippen LogP contribution in [-0.2, 0) is 19.0 Å². The van der Waals surface area contributed by atoms with Crippen LogP contribution in [0.25, 0.3) is 0 Å². The highest BCUT2D eigenvalue weighted by atomic mass is 16.8. The summed E-state index contributed by atoms with van der Waals surface area (Å²) in [7, 11) is 0. The maximum absolute atomic E-state index is 10.6. The number of hydrogen-bond acceptors (Lipinski definition) is 5. The molecule has 1 unspecified atom stereocenters. The summed E-state index contributed by atoms with van der Waals surface area (Å²) in [5.41, 5.74) is 0. The van der Waals surface area contributed by atoms with E-state index >= 15 is 0 Å². The van der Waals surface area contributed by atoms with Gasteiger partial charge in [0.25, 0.3) is 0 Å². The molecule has 1 aliphatic heterocycles. The first kappa shape index (κ1) is 9.57. The molecule has 1 aliphatic rings. The number of esters is 1. The van der Waals surface area contributed by atoms with Crippen molar-refractivity contribution in [3.05, 3.63) is 12.7 Å². The minimum Gasteiger partial charge on any atom is -0.462 e. The third kappa shape index (κ3) is 3.14. The van der Waals surface area contributed by atoms with Gasteiger partial charge >= 0.3 is 12.1 Å². The van der Waals surface area contributed by atoms with Crippen molar-refractivity contribution in [3.63, 3.8) is 0 Å². The maximum Gasteiger partial charge on any atom is 0.508 e. The average Bonchev–Trinajstić information content (AvgIpc) is 2.51. The third-order valence-electron chi connectivity index (χ3n) is 1.50. The molecule has 1 saturated heterocycles. The lowest BCUT2D eigenvalue weighted by molar-refractivity contribution is -0.138. The Labute approximate surface area is 75.3 Å². The molecule has 0 amide bonds. The molecule has 0 aliphatic carbocycles. The molecular formula is C8H10O5. The number of carbonyl (C=O) groups excluding carboxylic acids is 2. The van der Waals surface area contributed by atoms with Gasteiger partial charge in [0.1, 0.15) is 12.7 Å². The van der Waals surface area contributed by atoms with Crippen molar-refractivity contribution in [2.24, 2.45) is 0 Å². The highest BCUT2D eigenvalue weighted by molar-refractivity contribution is 5.81. The van der Waals surface area contributed by atoms with Crippen molar-refractivity contribution >= 4 is 12.1 Å². The van der Waals surface area contributed by atoms with Crippen LogP contribution in [0.3, 0.4) is 0 Å². The van der Waals surface area contributed by atoms with E-state index in [1.165, 1.54) is 0 Å². The molecule has 0 aromatic carbocycles. The minimum atomic E-state index is -0.667. The zero-order valence-electron chi connectivity index (χ0n) is 7.02. The summed E-state index contributed by atoms with van der Waals surface area (Å²) in [5.74, 6) is -0.481. The first-order valence-electron chi connectivity index (χ1n) is 3.85. The molecule has 0 bridgehead atoms. The molecule has 13 heavy (non-hydrogen) atoms. The number of carbonyl (C=O) groups is 2. The second-order valence-electron chi connectivity index (χ2n) is 2.46. The Hall–Kier alpha value is -1.52. The summed E-state index contributed by atoms with van der Waals surface area (Å²) in [6.07, 6.45) is 0.563. The molecular weight excluding hydrogens is 176 g/mol. The molecule has 1 fully saturated rings. The van der Waals surface area contributed by atoms with Crippen molar-refractivity contribution in [3.8, 4) is 0 Å². The summed E-state index contributed by atoms with van der Waals surface area (Å²) >= 11 is 0. The molecule has 5 nitrogen and oxygen atoms in total. The van der Waals surface area contributed by atoms with Crippen LogP contribution >= 0.6 is 0 Å². The van der Waals surface area contributed by atoms with E-state index in [1.807, 2.05) is 0 Å². The van der Waals surface area contributed by atoms with E-state index in [2.05, 4.69) is 16.1 Å². The van der Waals surface area contributed by atoms with Crippen molar-refractivity contribution in [2.45, 2.75) is 12.5 Å². The van der Waals surface area contributed by atoms with Crippen LogP contribution in [0.15, 0.2) is 12.7 Å². The minimum absolute atomic E-state index is 0.201. The van der Waals surface area contributed by atoms with E-state index in [0.29, 0.717) is 6.42 Å². The zero-order valence-corrected chi connectivity index (χ0v) is 7.02. The van der Waals surface area contributed by atoms with Gasteiger partial charge in [-0.15, -0.1) is 0 Å². The maximum atomic E-state index is 10.6. The molecule has 0 saturated carbocycles. The van der Waals surface area contributed by atoms with Crippen molar-refractivity contribution < 1.29 is 23.8 Å². The van der Waals surface area contributed by atoms with Gasteiger partial charge in [-0.05, 0) is 0 Å². The lowest BCUT2D eigenvalue weighted by Crippen LogP contribution is -2.14. The van der Waals surface area contributed by atoms with E-state index in [4.69, 9.17) is 4.74 Å². The first-order valence-corrected chi connectivity index (χ1v) is 3.85. The van der Waals surface area contributed by atoms with Gasteiger partial charge in [-0.25, -0.2) is 9.59 Å². The zero-order chi connectivity index (χ0) is 9.68. The Morgan fingerprint density at radius 3 is 3.08 bits per heavy atom. The van der Waals surface area contributed by atoms with Crippen LogP contribution in [0.4, 0.5) is 4.79 Å². The van der Waals surface area contributed by atoms with Gasteiger partial charge in [-0.2, -0.15) is 0 Å². The van der Waals surface area contributed by atoms with Crippen LogP contribution in [0, 0.1) is 0 Å². The fourth-order valence-corrected chi connectivity index (χ4v) is 0.857. The highest BCUT2D eigenvalue weighted by Crippen LogP contribution is 2.09. The summed E-state index contributed by atoms with van der Waals surface area (Å²) < 4.78 is 13.9. The lowest BCUT2D eigenvalue weighted by Gasteiger charge is -2.05. The van der Waals surface area contributed by atoms with E-state index in [0.717, 1.165) is 6.08 Å². The second kappa shape index (κ2) is 4.49. The average molecular weight is 186 g/mol. The summed E-state index contributed by atoms with van der Waals surface area (Å²) in [5, 5.41) is 0. The monoisotopic (exact) mass is 186 g/mol. The molecule has 72 valence electrons. The van der Waals surface area contributed by atoms with Gasteiger partial charge in [0.15, 0.2) is 0 Å². The van der Waals surface area contributed by atoms with Gasteiger partial charge in [-0.1, -0.05) is 6.58 Å². The van der Waals surface area contributed by atoms with E-state index < -0.39 is 12.1 Å². The van der Waals surface area contributed by atoms with Crippen LogP contribution in [-0.4, -0.2) is 31.4 Å². The smallest absolute Gasteiger partial charge is 0.462 e. The Morgan fingerprint density at radius 1 is 1.77 bits per heavy atom. The summed E-state index contributed by atoms with van der Waals surface area (Å²) in [6.45, 7) is 3.67. The SMILES string of the molecule is C=CC(=O)OCCC1COC(=O)O1. The normalized spacial score (nSPS) is 20.3. The van der Waals surface area contributed by atoms with Crippen molar-refractivity contribution in [2.75, 3.05) is 13.2 Å². The summed E-state index contributed by atoms with van der Waals surface area (Å²) in [4.78, 5) is 21.0. The quantitative estimate of drug-likeness (QED) is 0.476. The number of ether oxygens (including phenoxy) is 3. The van der Waals surface area contributed by atoms with Gasteiger partial charge in [0, 0.05) is 12.5 Å². The third-order valence-corrected chi connectivity index (χ3v) is 1.50. The van der Waals surface area contributed by atoms with E-state index in [-0.39, 0.29) is 19.3 Å². The number of hydrogen-bond donors (Lipinski definition) is 0. The Bertz CT molecular complexity index is 223. The van der Waals surface area contributed by atoms with Gasteiger partial charge in [0.05, 0.1) is 6.61 Å². The van der Waals surface area contributed by atoms with Crippen LogP contribution in [0.2, 0.25) is 0 Å². The molecule has 5 heteroatoms. The first-order chi connectivity index (χ1) is 6.22. The Morgan fingerprint density at radius 2 is 2.54 bits per heavy atom. The lowest BCUT2D eigenvalue weighted by atomic mass is 10.3. The van der Waals surface area contributed by atoms with Crippen LogP contribution in [0.1, 0.15) is 6.42 Å². The number of rotatable bonds is 4. The van der Waals surface area contributed by atoms with Crippen molar-refractivity contribution in [1.29, 1.82) is 0 Å². The molecule has 1 atom stereocenters. The molecule has 0 spiro atoms. The molecule has 1 rings (SSSR count). The van der Waals surface area contributed by atoms with E-state index in [9.17, 15) is 9.59 Å². The number of cyclic esters (lactones) is 2. The van der Waals surface area contributed by atoms with Gasteiger partial charge in [0.2, 0.25) is 0 Å². The topological polar surface area (TPSA) is 61.8 Å². The van der Waals surface area contributed by atoms with Gasteiger partial charge in [-0.3, -0.25) is 0 Å². The molecule has 0 aromatic rings. The molecule has 1 heterocycles. The summed E-state index contributed by atoms with van der Waals surface area (Å²) in [6, 6.07) is 0. The predicted octanol–water partition coefficient (Wildman–Crippen LogP) is 0.641. The highest BCUT2D eigenvalue weighted by Gasteiger charge is 2.24. The second-order valence-corrected chi connectivity index (χ2v) is 2.46.